The molecule has 1 fully saturated rings. The van der Waals surface area contributed by atoms with Gasteiger partial charge in [0.2, 0.25) is 0 Å². The molecular weight excluding hydrogens is 243 g/mol. The fourth-order valence-corrected chi connectivity index (χ4v) is 2.06. The molecule has 0 aromatic rings. The molecule has 0 radical (unpaired) electrons. The third kappa shape index (κ3) is 1.83. The van der Waals surface area contributed by atoms with Gasteiger partial charge in [0, 0.05) is 4.43 Å². The highest BCUT2D eigenvalue weighted by atomic mass is 127. The molecule has 2 atom stereocenters. The van der Waals surface area contributed by atoms with Crippen molar-refractivity contribution in [1.29, 1.82) is 0 Å². The Kier molecular flexibility index (Phi) is 2.58. The summed E-state index contributed by atoms with van der Waals surface area (Å²) < 4.78 is 12.1. The molecule has 0 aromatic heterocycles. The molecule has 1 rings (SSSR count). The van der Waals surface area contributed by atoms with E-state index in [2.05, 4.69) is 29.5 Å². The number of rotatable bonds is 1. The summed E-state index contributed by atoms with van der Waals surface area (Å²) in [6, 6.07) is 0. The molecule has 60 valence electrons. The number of alkyl halides is 1. The lowest BCUT2D eigenvalue weighted by Gasteiger charge is -2.15. The van der Waals surface area contributed by atoms with Crippen LogP contribution in [0.1, 0.15) is 20.8 Å². The number of hydrogen-bond donors (Lipinski definition) is 0. The summed E-state index contributed by atoms with van der Waals surface area (Å²) in [5.74, 6) is -0.366. The fourth-order valence-electron chi connectivity index (χ4n) is 1.17. The number of hydrogen-bond acceptors (Lipinski definition) is 2. The molecule has 0 aliphatic carbocycles. The van der Waals surface area contributed by atoms with Gasteiger partial charge in [-0.1, -0.05) is 22.6 Å². The zero-order valence-electron chi connectivity index (χ0n) is 6.56. The van der Waals surface area contributed by atoms with Crippen molar-refractivity contribution >= 4 is 22.6 Å². The standard InChI is InChI=1S/C7H13IO2/c1-5-6(4-8)10-7(2,3)9-5/h5-6H,4H2,1-3H3/t5-,6-/m1/s1. The van der Waals surface area contributed by atoms with Gasteiger partial charge in [-0.2, -0.15) is 0 Å². The maximum Gasteiger partial charge on any atom is 0.163 e. The van der Waals surface area contributed by atoms with Crippen molar-refractivity contribution in [3.05, 3.63) is 0 Å². The van der Waals surface area contributed by atoms with E-state index in [0.717, 1.165) is 4.43 Å². The van der Waals surface area contributed by atoms with Gasteiger partial charge in [0.15, 0.2) is 5.79 Å². The second kappa shape index (κ2) is 2.95. The van der Waals surface area contributed by atoms with Gasteiger partial charge in [-0.25, -0.2) is 0 Å². The van der Waals surface area contributed by atoms with Gasteiger partial charge in [-0.05, 0) is 20.8 Å². The van der Waals surface area contributed by atoms with Gasteiger partial charge >= 0.3 is 0 Å². The van der Waals surface area contributed by atoms with E-state index < -0.39 is 0 Å². The van der Waals surface area contributed by atoms with E-state index in [4.69, 9.17) is 9.47 Å². The SMILES string of the molecule is C[C@H]1OC(C)(C)O[C@@H]1CI. The quantitative estimate of drug-likeness (QED) is 0.527. The Hall–Kier alpha value is 0.650. The minimum Gasteiger partial charge on any atom is -0.345 e. The summed E-state index contributed by atoms with van der Waals surface area (Å²) in [6.45, 7) is 5.96. The Labute approximate surface area is 75.4 Å². The summed E-state index contributed by atoms with van der Waals surface area (Å²) in [7, 11) is 0. The lowest BCUT2D eigenvalue weighted by atomic mass is 10.3. The number of ether oxygens (including phenoxy) is 2. The van der Waals surface area contributed by atoms with E-state index >= 15 is 0 Å². The van der Waals surface area contributed by atoms with Crippen LogP contribution < -0.4 is 0 Å². The minimum atomic E-state index is -0.366. The van der Waals surface area contributed by atoms with Crippen LogP contribution in [0.15, 0.2) is 0 Å². The van der Waals surface area contributed by atoms with Crippen molar-refractivity contribution in [2.24, 2.45) is 0 Å². The molecule has 0 amide bonds. The maximum absolute atomic E-state index is 5.58. The molecule has 3 heteroatoms. The van der Waals surface area contributed by atoms with Gasteiger partial charge in [0.05, 0.1) is 12.2 Å². The highest BCUT2D eigenvalue weighted by Crippen LogP contribution is 2.28. The monoisotopic (exact) mass is 256 g/mol. The van der Waals surface area contributed by atoms with Gasteiger partial charge < -0.3 is 9.47 Å². The van der Waals surface area contributed by atoms with E-state index in [1.807, 2.05) is 13.8 Å². The van der Waals surface area contributed by atoms with Crippen molar-refractivity contribution in [3.63, 3.8) is 0 Å². The first-order valence-electron chi connectivity index (χ1n) is 3.47. The van der Waals surface area contributed by atoms with Crippen LogP contribution in [-0.2, 0) is 9.47 Å². The molecule has 10 heavy (non-hydrogen) atoms. The smallest absolute Gasteiger partial charge is 0.163 e. The summed E-state index contributed by atoms with van der Waals surface area (Å²) in [4.78, 5) is 0. The van der Waals surface area contributed by atoms with Gasteiger partial charge in [-0.3, -0.25) is 0 Å². The lowest BCUT2D eigenvalue weighted by Crippen LogP contribution is -2.22. The van der Waals surface area contributed by atoms with Crippen LogP contribution in [0.3, 0.4) is 0 Å². The predicted molar refractivity (Wildman–Crippen MR) is 48.4 cm³/mol. The zero-order valence-corrected chi connectivity index (χ0v) is 8.71. The normalized spacial score (nSPS) is 38.4. The van der Waals surface area contributed by atoms with E-state index in [9.17, 15) is 0 Å². The largest absolute Gasteiger partial charge is 0.345 e. The molecule has 1 heterocycles. The second-order valence-electron chi connectivity index (χ2n) is 3.03. The van der Waals surface area contributed by atoms with Crippen LogP contribution in [0.4, 0.5) is 0 Å². The van der Waals surface area contributed by atoms with Crippen molar-refractivity contribution in [3.8, 4) is 0 Å². The maximum atomic E-state index is 5.58. The molecule has 0 aromatic carbocycles. The van der Waals surface area contributed by atoms with E-state index in [1.165, 1.54) is 0 Å². The molecule has 1 aliphatic rings. The molecule has 0 spiro atoms. The topological polar surface area (TPSA) is 18.5 Å². The highest BCUT2D eigenvalue weighted by Gasteiger charge is 2.37. The Morgan fingerprint density at radius 3 is 2.20 bits per heavy atom. The molecule has 1 saturated heterocycles. The average molecular weight is 256 g/mol. The third-order valence-corrected chi connectivity index (χ3v) is 2.45. The summed E-state index contributed by atoms with van der Waals surface area (Å²) in [5, 5.41) is 0. The van der Waals surface area contributed by atoms with E-state index in [0.29, 0.717) is 0 Å². The summed E-state index contributed by atoms with van der Waals surface area (Å²) in [5.41, 5.74) is 0. The first kappa shape index (κ1) is 8.74. The molecule has 0 saturated carbocycles. The summed E-state index contributed by atoms with van der Waals surface area (Å²) >= 11 is 2.32. The van der Waals surface area contributed by atoms with Crippen LogP contribution >= 0.6 is 22.6 Å². The van der Waals surface area contributed by atoms with Crippen LogP contribution in [0.25, 0.3) is 0 Å². The molecule has 1 aliphatic heterocycles. The molecule has 0 bridgehead atoms. The fraction of sp³-hybridized carbons (Fsp3) is 1.00. The summed E-state index contributed by atoms with van der Waals surface area (Å²) in [6.07, 6.45) is 0.516. The van der Waals surface area contributed by atoms with Gasteiger partial charge in [0.25, 0.3) is 0 Å². The second-order valence-corrected chi connectivity index (χ2v) is 3.91. The van der Waals surface area contributed by atoms with E-state index in [1.54, 1.807) is 0 Å². The molecule has 0 unspecified atom stereocenters. The van der Waals surface area contributed by atoms with Crippen LogP contribution in [0.5, 0.6) is 0 Å². The van der Waals surface area contributed by atoms with Crippen molar-refractivity contribution < 1.29 is 9.47 Å². The molecular formula is C7H13IO2. The Balaban J connectivity index is 2.52. The minimum absolute atomic E-state index is 0.242. The van der Waals surface area contributed by atoms with Crippen LogP contribution in [-0.4, -0.2) is 22.4 Å². The number of halogens is 1. The first-order chi connectivity index (χ1) is 4.55. The predicted octanol–water partition coefficient (Wildman–Crippen LogP) is 1.96. The average Bonchev–Trinajstić information content (AvgIpc) is 2.05. The first-order valence-corrected chi connectivity index (χ1v) is 4.99. The third-order valence-electron chi connectivity index (χ3n) is 1.58. The van der Waals surface area contributed by atoms with Gasteiger partial charge in [0.1, 0.15) is 0 Å². The van der Waals surface area contributed by atoms with Gasteiger partial charge in [-0.15, -0.1) is 0 Å². The van der Waals surface area contributed by atoms with E-state index in [-0.39, 0.29) is 18.0 Å². The molecule has 2 nitrogen and oxygen atoms in total. The Morgan fingerprint density at radius 1 is 1.40 bits per heavy atom. The van der Waals surface area contributed by atoms with Crippen molar-refractivity contribution in [1.82, 2.24) is 0 Å². The van der Waals surface area contributed by atoms with Crippen molar-refractivity contribution in [2.45, 2.75) is 38.8 Å². The van der Waals surface area contributed by atoms with Crippen LogP contribution in [0, 0.1) is 0 Å². The zero-order chi connectivity index (χ0) is 7.78. The highest BCUT2D eigenvalue weighted by molar-refractivity contribution is 14.1. The van der Waals surface area contributed by atoms with Crippen LogP contribution in [0.2, 0.25) is 0 Å². The Bertz CT molecular complexity index is 125. The Morgan fingerprint density at radius 2 is 2.00 bits per heavy atom. The lowest BCUT2D eigenvalue weighted by molar-refractivity contribution is -0.142. The molecule has 0 N–H and O–H groups in total. The van der Waals surface area contributed by atoms with Crippen molar-refractivity contribution in [2.75, 3.05) is 4.43 Å².